The quantitative estimate of drug-likeness (QED) is 0.186. The van der Waals surface area contributed by atoms with Crippen LogP contribution in [-0.2, 0) is 19.3 Å². The van der Waals surface area contributed by atoms with Gasteiger partial charge in [-0.15, -0.1) is 11.3 Å². The first kappa shape index (κ1) is 33.5. The van der Waals surface area contributed by atoms with Crippen molar-refractivity contribution in [3.63, 3.8) is 0 Å². The summed E-state index contributed by atoms with van der Waals surface area (Å²) in [4.78, 5) is 0. The Hall–Kier alpha value is -5.58. The van der Waals surface area contributed by atoms with Crippen LogP contribution in [0.2, 0.25) is 0 Å². The van der Waals surface area contributed by atoms with E-state index in [1.165, 1.54) is 70.2 Å². The second-order valence-electron chi connectivity index (χ2n) is 16.9. The van der Waals surface area contributed by atoms with E-state index in [1.54, 1.807) is 16.7 Å². The lowest BCUT2D eigenvalue weighted by molar-refractivity contribution is 0.497. The van der Waals surface area contributed by atoms with Crippen molar-refractivity contribution in [3.8, 4) is 5.69 Å². The molecule has 280 valence electrons. The topological polar surface area (TPSA) is 21.9 Å². The summed E-state index contributed by atoms with van der Waals surface area (Å²) in [5.41, 5.74) is 14.5. The van der Waals surface area contributed by atoms with Crippen molar-refractivity contribution in [2.24, 2.45) is 17.8 Å². The molecule has 57 heavy (non-hydrogen) atoms. The van der Waals surface area contributed by atoms with Crippen LogP contribution in [0.1, 0.15) is 77.5 Å². The van der Waals surface area contributed by atoms with Gasteiger partial charge in [0.05, 0.1) is 6.04 Å². The van der Waals surface area contributed by atoms with Gasteiger partial charge in [-0.1, -0.05) is 97.1 Å². The molecular formula is C53H47N3S. The summed E-state index contributed by atoms with van der Waals surface area (Å²) >= 11 is 1.90. The van der Waals surface area contributed by atoms with Crippen LogP contribution in [0.15, 0.2) is 121 Å². The van der Waals surface area contributed by atoms with Gasteiger partial charge >= 0.3 is 0 Å². The molecule has 12 rings (SSSR count). The Bertz CT molecular complexity index is 2930. The van der Waals surface area contributed by atoms with Crippen molar-refractivity contribution >= 4 is 67.5 Å². The Morgan fingerprint density at radius 3 is 2.42 bits per heavy atom. The molecule has 3 nitrogen and oxygen atoms in total. The molecule has 1 aliphatic heterocycles. The maximum absolute atomic E-state index is 3.43. The number of hydrogen-bond acceptors (Lipinski definition) is 2. The summed E-state index contributed by atoms with van der Waals surface area (Å²) in [6.07, 6.45) is 38.5. The Labute approximate surface area is 338 Å². The number of rotatable bonds is 5. The number of fused-ring (bicyclic) bond motifs is 9. The first-order valence-corrected chi connectivity index (χ1v) is 22.1. The first-order valence-electron chi connectivity index (χ1n) is 21.3. The molecule has 4 atom stereocenters. The summed E-state index contributed by atoms with van der Waals surface area (Å²) in [5.74, 6) is 1.41. The number of aromatic nitrogens is 2. The van der Waals surface area contributed by atoms with Gasteiger partial charge in [-0.25, -0.2) is 0 Å². The molecule has 4 heteroatoms. The molecule has 0 bridgehead atoms. The first-order chi connectivity index (χ1) is 28.2. The highest BCUT2D eigenvalue weighted by atomic mass is 32.1. The molecule has 0 radical (unpaired) electrons. The molecule has 4 unspecified atom stereocenters. The zero-order chi connectivity index (χ0) is 37.5. The molecule has 0 fully saturated rings. The minimum absolute atomic E-state index is 0.285. The zero-order valence-corrected chi connectivity index (χ0v) is 33.1. The van der Waals surface area contributed by atoms with Crippen molar-refractivity contribution in [2.75, 3.05) is 6.54 Å². The van der Waals surface area contributed by atoms with Gasteiger partial charge in [0.1, 0.15) is 0 Å². The fourth-order valence-corrected chi connectivity index (χ4v) is 12.1. The average Bonchev–Trinajstić information content (AvgIpc) is 3.94. The molecule has 6 aliphatic rings. The van der Waals surface area contributed by atoms with E-state index >= 15 is 0 Å². The van der Waals surface area contributed by atoms with Gasteiger partial charge in [-0.05, 0) is 151 Å². The predicted octanol–water partition coefficient (Wildman–Crippen LogP) is 11.1. The molecule has 4 heterocycles. The van der Waals surface area contributed by atoms with E-state index in [-0.39, 0.29) is 6.04 Å². The van der Waals surface area contributed by atoms with Gasteiger partial charge in [0.15, 0.2) is 0 Å². The van der Waals surface area contributed by atoms with Crippen molar-refractivity contribution in [1.29, 1.82) is 0 Å². The number of thiophene rings is 1. The molecule has 5 aliphatic carbocycles. The predicted molar refractivity (Wildman–Crippen MR) is 242 cm³/mol. The minimum atomic E-state index is 0.285. The smallest absolute Gasteiger partial charge is 0.0568 e. The van der Waals surface area contributed by atoms with Crippen LogP contribution in [0.4, 0.5) is 0 Å². The van der Waals surface area contributed by atoms with E-state index in [1.807, 2.05) is 11.3 Å². The van der Waals surface area contributed by atoms with Crippen molar-refractivity contribution < 1.29 is 0 Å². The lowest BCUT2D eigenvalue weighted by Crippen LogP contribution is -2.37. The third kappa shape index (κ3) is 5.51. The van der Waals surface area contributed by atoms with Crippen LogP contribution in [0.25, 0.3) is 61.8 Å². The zero-order valence-electron chi connectivity index (χ0n) is 32.3. The fourth-order valence-electron chi connectivity index (χ4n) is 11.0. The summed E-state index contributed by atoms with van der Waals surface area (Å²) in [6.45, 7) is 1.03. The van der Waals surface area contributed by atoms with Gasteiger partial charge in [-0.2, -0.15) is 0 Å². The Kier molecular flexibility index (Phi) is 7.96. The van der Waals surface area contributed by atoms with Crippen molar-refractivity contribution in [3.05, 3.63) is 171 Å². The van der Waals surface area contributed by atoms with Crippen molar-refractivity contribution in [2.45, 2.75) is 57.4 Å². The Morgan fingerprint density at radius 2 is 1.53 bits per heavy atom. The van der Waals surface area contributed by atoms with E-state index in [0.717, 1.165) is 57.9 Å². The Balaban J connectivity index is 0.923. The van der Waals surface area contributed by atoms with Crippen LogP contribution >= 0.6 is 11.3 Å². The van der Waals surface area contributed by atoms with Gasteiger partial charge < -0.3 is 14.5 Å². The van der Waals surface area contributed by atoms with E-state index in [9.17, 15) is 0 Å². The normalized spacial score (nSPS) is 23.2. The van der Waals surface area contributed by atoms with E-state index < -0.39 is 0 Å². The summed E-state index contributed by atoms with van der Waals surface area (Å²) in [6, 6.07) is 27.4. The third-order valence-electron chi connectivity index (χ3n) is 13.7. The number of nitrogens with zero attached hydrogens (tertiary/aromatic N) is 2. The van der Waals surface area contributed by atoms with Gasteiger partial charge in [0, 0.05) is 60.8 Å². The fraction of sp³-hybridized carbons (Fsp3) is 0.245. The number of nitrogens with one attached hydrogen (secondary N) is 1. The van der Waals surface area contributed by atoms with E-state index in [4.69, 9.17) is 0 Å². The third-order valence-corrected chi connectivity index (χ3v) is 14.9. The molecular weight excluding hydrogens is 711 g/mol. The lowest BCUT2D eigenvalue weighted by Gasteiger charge is -2.30. The molecule has 0 saturated heterocycles. The lowest BCUT2D eigenvalue weighted by atomic mass is 9.78. The SMILES string of the molecule is C1=Cc2c(c3c(n2-c2ccc4sc5ccccc5c4c2)C=CC(C2C=c4c5c(n(C6C=C(C7C=CNCC7)C=C(c7ccccc7)C6)c4=CC2)C=CCC5)C3)CC1. The second-order valence-corrected chi connectivity index (χ2v) is 18.0. The highest BCUT2D eigenvalue weighted by Gasteiger charge is 2.32. The molecule has 1 N–H and O–H groups in total. The largest absolute Gasteiger partial charge is 0.391 e. The average molecular weight is 758 g/mol. The summed E-state index contributed by atoms with van der Waals surface area (Å²) < 4.78 is 8.03. The molecule has 0 saturated carbocycles. The van der Waals surface area contributed by atoms with Crippen LogP contribution in [0.3, 0.4) is 0 Å². The van der Waals surface area contributed by atoms with Gasteiger partial charge in [0.25, 0.3) is 0 Å². The number of allylic oxidation sites excluding steroid dienone is 8. The highest BCUT2D eigenvalue weighted by molar-refractivity contribution is 7.25. The maximum atomic E-state index is 3.43. The minimum Gasteiger partial charge on any atom is -0.391 e. The molecule has 3 aromatic carbocycles. The van der Waals surface area contributed by atoms with Crippen LogP contribution in [0.5, 0.6) is 0 Å². The number of benzene rings is 3. The molecule has 3 aromatic heterocycles. The Morgan fingerprint density at radius 1 is 0.702 bits per heavy atom. The van der Waals surface area contributed by atoms with Crippen LogP contribution < -0.4 is 15.9 Å². The molecule has 0 spiro atoms. The van der Waals surface area contributed by atoms with E-state index in [0.29, 0.717) is 17.8 Å². The second kappa shape index (κ2) is 13.5. The van der Waals surface area contributed by atoms with E-state index in [2.05, 4.69) is 160 Å². The number of hydrogen-bond donors (Lipinski definition) is 1. The van der Waals surface area contributed by atoms with Crippen molar-refractivity contribution in [1.82, 2.24) is 14.5 Å². The standard InChI is InChI=1S/C53H47N3S/c1-2-10-34(11-3-1)38-28-39(35-24-26-54-27-25-35)30-41(29-38)56-49-16-8-5-13-43(49)46-32-37(19-22-51(46)56)36-18-21-50-45(31-36)42-12-4-7-15-48(42)55(50)40-20-23-53-47(33-40)44-14-6-9-17-52(44)57-53/h1-3,6-11,14-18,20-24,26,28,30,32-33,35-37,41,54H,4-5,12-13,19,25,27,29,31H2. The highest BCUT2D eigenvalue weighted by Crippen LogP contribution is 2.43. The van der Waals surface area contributed by atoms with Crippen LogP contribution in [-0.4, -0.2) is 15.7 Å². The van der Waals surface area contributed by atoms with Crippen LogP contribution in [0, 0.1) is 17.8 Å². The van der Waals surface area contributed by atoms with Gasteiger partial charge in [0.2, 0.25) is 0 Å². The molecule has 0 amide bonds. The van der Waals surface area contributed by atoms with Gasteiger partial charge in [-0.3, -0.25) is 0 Å². The monoisotopic (exact) mass is 757 g/mol. The summed E-state index contributed by atoms with van der Waals surface area (Å²) in [7, 11) is 0. The maximum Gasteiger partial charge on any atom is 0.0568 e. The summed E-state index contributed by atoms with van der Waals surface area (Å²) in [5, 5.41) is 9.11. The molecule has 6 aromatic rings.